The van der Waals surface area contributed by atoms with E-state index in [0.29, 0.717) is 12.1 Å². The molecule has 0 saturated heterocycles. The van der Waals surface area contributed by atoms with E-state index in [9.17, 15) is 0 Å². The number of hydrogen-bond donors (Lipinski definition) is 1. The molecule has 2 atom stereocenters. The first kappa shape index (κ1) is 12.2. The van der Waals surface area contributed by atoms with Crippen LogP contribution in [0.15, 0.2) is 24.3 Å². The molecule has 3 heteroatoms. The predicted molar refractivity (Wildman–Crippen MR) is 72.3 cm³/mol. The molecular formula is C13H18ClNS. The standard InChI is InChI=1S/C13H18ClNS/c1-2-11(12-8-9-13(14)16-12)15-10-6-4-3-5-7-10/h4,6,8-11,15H,2-3,5,7H2,1H3. The molecule has 0 saturated carbocycles. The van der Waals surface area contributed by atoms with E-state index in [-0.39, 0.29) is 0 Å². The Morgan fingerprint density at radius 1 is 1.56 bits per heavy atom. The highest BCUT2D eigenvalue weighted by atomic mass is 35.5. The molecule has 88 valence electrons. The lowest BCUT2D eigenvalue weighted by Crippen LogP contribution is -2.31. The summed E-state index contributed by atoms with van der Waals surface area (Å²) in [4.78, 5) is 1.35. The predicted octanol–water partition coefficient (Wildman–Crippen LogP) is 4.55. The van der Waals surface area contributed by atoms with Crippen LogP contribution in [-0.4, -0.2) is 6.04 Å². The smallest absolute Gasteiger partial charge is 0.0931 e. The summed E-state index contributed by atoms with van der Waals surface area (Å²) in [6.45, 7) is 2.22. The Morgan fingerprint density at radius 3 is 3.00 bits per heavy atom. The van der Waals surface area contributed by atoms with E-state index in [0.717, 1.165) is 10.8 Å². The van der Waals surface area contributed by atoms with Crippen LogP contribution in [0.1, 0.15) is 43.5 Å². The Labute approximate surface area is 107 Å². The van der Waals surface area contributed by atoms with E-state index in [1.807, 2.05) is 6.07 Å². The van der Waals surface area contributed by atoms with Crippen molar-refractivity contribution in [2.75, 3.05) is 0 Å². The molecule has 0 fully saturated rings. The Balaban J connectivity index is 1.99. The zero-order chi connectivity index (χ0) is 11.4. The van der Waals surface area contributed by atoms with Crippen LogP contribution in [-0.2, 0) is 0 Å². The second kappa shape index (κ2) is 5.85. The quantitative estimate of drug-likeness (QED) is 0.779. The van der Waals surface area contributed by atoms with Crippen LogP contribution in [0.5, 0.6) is 0 Å². The first-order valence-electron chi connectivity index (χ1n) is 5.97. The fraction of sp³-hybridized carbons (Fsp3) is 0.538. The molecule has 2 unspecified atom stereocenters. The van der Waals surface area contributed by atoms with Gasteiger partial charge < -0.3 is 5.32 Å². The van der Waals surface area contributed by atoms with E-state index in [1.165, 1.54) is 24.1 Å². The summed E-state index contributed by atoms with van der Waals surface area (Å²) in [5, 5.41) is 3.70. The molecule has 0 spiro atoms. The average molecular weight is 256 g/mol. The van der Waals surface area contributed by atoms with Gasteiger partial charge in [0.1, 0.15) is 0 Å². The van der Waals surface area contributed by atoms with Gasteiger partial charge in [-0.05, 0) is 37.8 Å². The van der Waals surface area contributed by atoms with Crippen molar-refractivity contribution in [3.8, 4) is 0 Å². The second-order valence-corrected chi connectivity index (χ2v) is 5.98. The largest absolute Gasteiger partial charge is 0.303 e. The molecule has 0 radical (unpaired) electrons. The Kier molecular flexibility index (Phi) is 4.45. The number of halogens is 1. The van der Waals surface area contributed by atoms with Gasteiger partial charge >= 0.3 is 0 Å². The maximum atomic E-state index is 5.98. The first-order chi connectivity index (χ1) is 7.79. The molecule has 0 amide bonds. The van der Waals surface area contributed by atoms with Crippen LogP contribution in [0.25, 0.3) is 0 Å². The van der Waals surface area contributed by atoms with Crippen molar-refractivity contribution in [2.45, 2.75) is 44.7 Å². The minimum absolute atomic E-state index is 0.449. The lowest BCUT2D eigenvalue weighted by atomic mass is 10.0. The maximum Gasteiger partial charge on any atom is 0.0931 e. The number of nitrogens with one attached hydrogen (secondary N) is 1. The molecule has 1 aromatic heterocycles. The van der Waals surface area contributed by atoms with Crippen molar-refractivity contribution in [2.24, 2.45) is 0 Å². The van der Waals surface area contributed by atoms with Crippen LogP contribution in [0.2, 0.25) is 4.34 Å². The van der Waals surface area contributed by atoms with Gasteiger partial charge in [0.05, 0.1) is 4.34 Å². The zero-order valence-electron chi connectivity index (χ0n) is 9.58. The van der Waals surface area contributed by atoms with E-state index in [4.69, 9.17) is 11.6 Å². The van der Waals surface area contributed by atoms with Gasteiger partial charge in [0.15, 0.2) is 0 Å². The normalized spacial score (nSPS) is 22.2. The molecule has 1 nitrogen and oxygen atoms in total. The highest BCUT2D eigenvalue weighted by Gasteiger charge is 2.16. The number of thiophene rings is 1. The molecule has 0 bridgehead atoms. The van der Waals surface area contributed by atoms with Crippen molar-refractivity contribution in [1.29, 1.82) is 0 Å². The van der Waals surface area contributed by atoms with Crippen molar-refractivity contribution in [3.05, 3.63) is 33.5 Å². The number of hydrogen-bond acceptors (Lipinski definition) is 2. The molecular weight excluding hydrogens is 238 g/mol. The highest BCUT2D eigenvalue weighted by molar-refractivity contribution is 7.16. The molecule has 1 aliphatic rings. The van der Waals surface area contributed by atoms with Crippen LogP contribution in [0, 0.1) is 0 Å². The second-order valence-electron chi connectivity index (χ2n) is 4.23. The lowest BCUT2D eigenvalue weighted by molar-refractivity contribution is 0.443. The minimum Gasteiger partial charge on any atom is -0.303 e. The van der Waals surface area contributed by atoms with Crippen molar-refractivity contribution < 1.29 is 0 Å². The van der Waals surface area contributed by atoms with E-state index < -0.39 is 0 Å². The summed E-state index contributed by atoms with van der Waals surface area (Å²) in [6.07, 6.45) is 9.50. The van der Waals surface area contributed by atoms with E-state index >= 15 is 0 Å². The fourth-order valence-corrected chi connectivity index (χ4v) is 3.33. The van der Waals surface area contributed by atoms with Crippen LogP contribution >= 0.6 is 22.9 Å². The topological polar surface area (TPSA) is 12.0 Å². The summed E-state index contributed by atoms with van der Waals surface area (Å²) < 4.78 is 0.884. The SMILES string of the molecule is CCC(NC1C=CCCC1)c1ccc(Cl)s1. The third-order valence-electron chi connectivity index (χ3n) is 3.02. The first-order valence-corrected chi connectivity index (χ1v) is 7.17. The summed E-state index contributed by atoms with van der Waals surface area (Å²) in [5.41, 5.74) is 0. The van der Waals surface area contributed by atoms with Crippen LogP contribution in [0.3, 0.4) is 0 Å². The molecule has 1 N–H and O–H groups in total. The van der Waals surface area contributed by atoms with Gasteiger partial charge in [0.25, 0.3) is 0 Å². The van der Waals surface area contributed by atoms with Crippen LogP contribution < -0.4 is 5.32 Å². The molecule has 1 heterocycles. The van der Waals surface area contributed by atoms with Gasteiger partial charge in [0, 0.05) is 17.0 Å². The van der Waals surface area contributed by atoms with Crippen molar-refractivity contribution in [3.63, 3.8) is 0 Å². The fourth-order valence-electron chi connectivity index (χ4n) is 2.13. The van der Waals surface area contributed by atoms with Gasteiger partial charge in [-0.2, -0.15) is 0 Å². The summed E-state index contributed by atoms with van der Waals surface area (Å²) >= 11 is 7.67. The van der Waals surface area contributed by atoms with E-state index in [2.05, 4.69) is 30.5 Å². The van der Waals surface area contributed by atoms with Crippen LogP contribution in [0.4, 0.5) is 0 Å². The van der Waals surface area contributed by atoms with Gasteiger partial charge in [0.2, 0.25) is 0 Å². The zero-order valence-corrected chi connectivity index (χ0v) is 11.2. The maximum absolute atomic E-state index is 5.98. The lowest BCUT2D eigenvalue weighted by Gasteiger charge is -2.24. The molecule has 0 aromatic carbocycles. The molecule has 16 heavy (non-hydrogen) atoms. The number of allylic oxidation sites excluding steroid dienone is 1. The minimum atomic E-state index is 0.449. The molecule has 2 rings (SSSR count). The number of rotatable bonds is 4. The highest BCUT2D eigenvalue weighted by Crippen LogP contribution is 2.29. The van der Waals surface area contributed by atoms with E-state index in [1.54, 1.807) is 11.3 Å². The third-order valence-corrected chi connectivity index (χ3v) is 4.36. The average Bonchev–Trinajstić information content (AvgIpc) is 2.74. The Hall–Kier alpha value is -0.310. The molecule has 1 aliphatic carbocycles. The van der Waals surface area contributed by atoms with Crippen molar-refractivity contribution >= 4 is 22.9 Å². The summed E-state index contributed by atoms with van der Waals surface area (Å²) in [5.74, 6) is 0. The van der Waals surface area contributed by atoms with Gasteiger partial charge in [-0.1, -0.05) is 30.7 Å². The summed E-state index contributed by atoms with van der Waals surface area (Å²) in [7, 11) is 0. The summed E-state index contributed by atoms with van der Waals surface area (Å²) in [6, 6.07) is 5.12. The van der Waals surface area contributed by atoms with Crippen molar-refractivity contribution in [1.82, 2.24) is 5.32 Å². The van der Waals surface area contributed by atoms with Gasteiger partial charge in [-0.25, -0.2) is 0 Å². The Bertz CT molecular complexity index is 359. The molecule has 1 aromatic rings. The van der Waals surface area contributed by atoms with Gasteiger partial charge in [-0.3, -0.25) is 0 Å². The third kappa shape index (κ3) is 3.09. The Morgan fingerprint density at radius 2 is 2.44 bits per heavy atom. The monoisotopic (exact) mass is 255 g/mol. The van der Waals surface area contributed by atoms with Gasteiger partial charge in [-0.15, -0.1) is 11.3 Å². The molecule has 0 aliphatic heterocycles.